The monoisotopic (exact) mass is 866 g/mol. The van der Waals surface area contributed by atoms with Crippen LogP contribution in [0.4, 0.5) is 49.9 Å². The van der Waals surface area contributed by atoms with Crippen LogP contribution < -0.4 is 24.9 Å². The van der Waals surface area contributed by atoms with Gasteiger partial charge < -0.3 is 34.2 Å². The fourth-order valence-electron chi connectivity index (χ4n) is 6.87. The Kier molecular flexibility index (Phi) is 17.8. The molecule has 0 saturated carbocycles. The van der Waals surface area contributed by atoms with Crippen molar-refractivity contribution < 1.29 is 52.4 Å². The van der Waals surface area contributed by atoms with Crippen molar-refractivity contribution in [3.63, 3.8) is 0 Å². The predicted molar refractivity (Wildman–Crippen MR) is 224 cm³/mol. The molecule has 2 atom stereocenters. The van der Waals surface area contributed by atoms with Crippen LogP contribution in [-0.4, -0.2) is 112 Å². The molecule has 4 fully saturated rings. The first kappa shape index (κ1) is 47.5. The molecule has 4 aliphatic heterocycles. The molecule has 60 heavy (non-hydrogen) atoms. The summed E-state index contributed by atoms with van der Waals surface area (Å²) in [6, 6.07) is 14.4. The highest BCUT2D eigenvalue weighted by atomic mass is 35.5. The van der Waals surface area contributed by atoms with E-state index in [0.29, 0.717) is 78.4 Å². The Bertz CT molecular complexity index is 1900. The summed E-state index contributed by atoms with van der Waals surface area (Å²) in [5, 5.41) is 2.67. The van der Waals surface area contributed by atoms with E-state index in [1.165, 1.54) is 28.9 Å². The van der Waals surface area contributed by atoms with Crippen LogP contribution in [0.25, 0.3) is 0 Å². The maximum absolute atomic E-state index is 14.6. The van der Waals surface area contributed by atoms with Crippen molar-refractivity contribution in [3.05, 3.63) is 83.4 Å². The van der Waals surface area contributed by atoms with Gasteiger partial charge in [-0.1, -0.05) is 51.6 Å². The summed E-state index contributed by atoms with van der Waals surface area (Å²) in [6.45, 7) is 10.3. The lowest BCUT2D eigenvalue weighted by molar-refractivity contribution is -0.129. The lowest BCUT2D eigenvalue weighted by Crippen LogP contribution is -2.48. The van der Waals surface area contributed by atoms with Gasteiger partial charge >= 0.3 is 12.2 Å². The minimum Gasteiger partial charge on any atom is -0.444 e. The Labute approximate surface area is 354 Å². The third-order valence-electron chi connectivity index (χ3n) is 10.1. The summed E-state index contributed by atoms with van der Waals surface area (Å²) in [7, 11) is 0. The van der Waals surface area contributed by atoms with Crippen LogP contribution in [0, 0.1) is 23.3 Å². The Morgan fingerprint density at radius 2 is 1.18 bits per heavy atom. The highest BCUT2D eigenvalue weighted by Crippen LogP contribution is 2.33. The van der Waals surface area contributed by atoms with Gasteiger partial charge in [-0.05, 0) is 30.0 Å². The zero-order valence-electron chi connectivity index (χ0n) is 33.2. The fraction of sp³-hybridized carbons (Fsp3) is 0.476. The van der Waals surface area contributed by atoms with Gasteiger partial charge in [-0.25, -0.2) is 27.2 Å². The van der Waals surface area contributed by atoms with Crippen LogP contribution in [0.15, 0.2) is 54.6 Å². The van der Waals surface area contributed by atoms with Crippen LogP contribution in [0.1, 0.15) is 48.0 Å². The maximum atomic E-state index is 14.6. The second-order valence-electron chi connectivity index (χ2n) is 14.1. The van der Waals surface area contributed by atoms with Crippen LogP contribution in [-0.2, 0) is 30.4 Å². The SMILES string of the molecule is C.CC[C@H]1CN(c2cc(F)c(N3CCN(C(C)=O)CC3)c(F)c2)C(=O)O1.CC[C@H]1CN(c2cc(F)c(N3CCNCC3)c(F)c2)C(=O)O1.O=C(Cl)COCc1ccccc1.[HH]. The van der Waals surface area contributed by atoms with E-state index in [1.54, 1.807) is 14.7 Å². The van der Waals surface area contributed by atoms with E-state index in [9.17, 15) is 36.7 Å². The molecule has 0 aromatic heterocycles. The lowest BCUT2D eigenvalue weighted by atomic mass is 10.2. The number of cyclic esters (lactones) is 2. The number of halogens is 5. The van der Waals surface area contributed by atoms with E-state index in [2.05, 4.69) is 5.32 Å². The summed E-state index contributed by atoms with van der Waals surface area (Å²) in [4.78, 5) is 52.7. The van der Waals surface area contributed by atoms with E-state index in [-0.39, 0.29) is 62.9 Å². The van der Waals surface area contributed by atoms with Crippen molar-refractivity contribution in [1.29, 1.82) is 0 Å². The molecule has 4 saturated heterocycles. The molecule has 3 aromatic carbocycles. The second-order valence-corrected chi connectivity index (χ2v) is 14.6. The zero-order chi connectivity index (χ0) is 42.6. The summed E-state index contributed by atoms with van der Waals surface area (Å²) in [5.41, 5.74) is 1.25. The molecule has 1 N–H and O–H groups in total. The molecule has 330 valence electrons. The Balaban J connectivity index is 0.000000254. The highest BCUT2D eigenvalue weighted by molar-refractivity contribution is 6.63. The molecule has 0 spiro atoms. The summed E-state index contributed by atoms with van der Waals surface area (Å²) >= 11 is 5.08. The molecule has 0 bridgehead atoms. The molecule has 18 heteroatoms. The van der Waals surface area contributed by atoms with Crippen molar-refractivity contribution >= 4 is 57.7 Å². The summed E-state index contributed by atoms with van der Waals surface area (Å²) in [5.74, 6) is -2.79. The Morgan fingerprint density at radius 1 is 0.750 bits per heavy atom. The number of ether oxygens (including phenoxy) is 3. The molecule has 0 unspecified atom stereocenters. The number of nitrogens with one attached hydrogen (secondary N) is 1. The molecule has 13 nitrogen and oxygen atoms in total. The normalized spacial score (nSPS) is 18.8. The fourth-order valence-corrected chi connectivity index (χ4v) is 6.94. The van der Waals surface area contributed by atoms with E-state index in [4.69, 9.17) is 25.8 Å². The molecule has 3 aromatic rings. The van der Waals surface area contributed by atoms with E-state index in [1.807, 2.05) is 44.2 Å². The summed E-state index contributed by atoms with van der Waals surface area (Å²) in [6.07, 6.45) is -0.323. The van der Waals surface area contributed by atoms with Gasteiger partial charge in [0.15, 0.2) is 23.3 Å². The largest absolute Gasteiger partial charge is 0.444 e. The molecular weight excluding hydrogens is 812 g/mol. The third kappa shape index (κ3) is 12.5. The number of carbonyl (C=O) groups excluding carboxylic acids is 4. The number of amides is 3. The molecular formula is C42H55ClF4N6O7. The summed E-state index contributed by atoms with van der Waals surface area (Å²) < 4.78 is 73.1. The first-order valence-electron chi connectivity index (χ1n) is 19.5. The van der Waals surface area contributed by atoms with Crippen LogP contribution in [0.2, 0.25) is 0 Å². The Morgan fingerprint density at radius 3 is 1.57 bits per heavy atom. The van der Waals surface area contributed by atoms with Gasteiger partial charge in [-0.3, -0.25) is 19.4 Å². The van der Waals surface area contributed by atoms with Crippen LogP contribution in [0.5, 0.6) is 0 Å². The van der Waals surface area contributed by atoms with Gasteiger partial charge in [0, 0.05) is 85.0 Å². The van der Waals surface area contributed by atoms with E-state index >= 15 is 0 Å². The molecule has 0 aliphatic carbocycles. The minimum atomic E-state index is -0.723. The van der Waals surface area contributed by atoms with Crippen molar-refractivity contribution in [1.82, 2.24) is 10.2 Å². The van der Waals surface area contributed by atoms with Gasteiger partial charge in [0.25, 0.3) is 0 Å². The molecule has 7 rings (SSSR count). The number of anilines is 4. The first-order chi connectivity index (χ1) is 28.3. The number of carbonyl (C=O) groups is 4. The average molecular weight is 867 g/mol. The Hall–Kier alpha value is -5.13. The minimum absolute atomic E-state index is 0. The lowest BCUT2D eigenvalue weighted by Gasteiger charge is -2.36. The van der Waals surface area contributed by atoms with E-state index < -0.39 is 40.7 Å². The number of piperazine rings is 2. The van der Waals surface area contributed by atoms with Crippen molar-refractivity contribution in [2.24, 2.45) is 0 Å². The standard InChI is InChI=1S/C17H21F2N3O3.C15H19F2N3O2.C9H9ClO2.CH4.H2/c1-3-13-10-22(17(24)25-13)12-8-14(18)16(15(19)9-12)21-6-4-20(5-7-21)11(2)23;1-2-11-9-20(15(21)22-11)10-7-12(16)14(13(17)8-10)19-5-3-18-4-6-19;10-9(11)7-12-6-8-4-2-1-3-5-8;;/h8-9,13H,3-7,10H2,1-2H3;7-8,11,18H,2-6,9H2,1H3;1-5H,6-7H2;1H4;1H/t13-;11-;;;/m00.../s1. The molecule has 0 radical (unpaired) electrons. The number of rotatable bonds is 10. The van der Waals surface area contributed by atoms with Gasteiger partial charge in [-0.15, -0.1) is 0 Å². The van der Waals surface area contributed by atoms with Crippen LogP contribution in [0.3, 0.4) is 0 Å². The topological polar surface area (TPSA) is 124 Å². The maximum Gasteiger partial charge on any atom is 0.414 e. The smallest absolute Gasteiger partial charge is 0.414 e. The number of hydrogen-bond donors (Lipinski definition) is 1. The van der Waals surface area contributed by atoms with Gasteiger partial charge in [0.1, 0.15) is 30.2 Å². The van der Waals surface area contributed by atoms with Gasteiger partial charge in [-0.2, -0.15) is 0 Å². The van der Waals surface area contributed by atoms with Crippen molar-refractivity contribution in [3.8, 4) is 0 Å². The average Bonchev–Trinajstić information content (AvgIpc) is 3.80. The zero-order valence-corrected chi connectivity index (χ0v) is 34.0. The molecule has 4 aliphatic rings. The molecule has 4 heterocycles. The van der Waals surface area contributed by atoms with Gasteiger partial charge in [0.05, 0.1) is 31.1 Å². The third-order valence-corrected chi connectivity index (χ3v) is 10.2. The van der Waals surface area contributed by atoms with Crippen molar-refractivity contribution in [2.45, 2.75) is 59.9 Å². The quantitative estimate of drug-likeness (QED) is 0.164. The number of nitrogens with zero attached hydrogens (tertiary/aromatic N) is 5. The first-order valence-corrected chi connectivity index (χ1v) is 19.9. The highest BCUT2D eigenvalue weighted by Gasteiger charge is 2.34. The van der Waals surface area contributed by atoms with Crippen molar-refractivity contribution in [2.75, 3.05) is 91.7 Å². The van der Waals surface area contributed by atoms with Crippen LogP contribution >= 0.6 is 11.6 Å². The number of hydrogen-bond acceptors (Lipinski definition) is 10. The number of benzene rings is 3. The predicted octanol–water partition coefficient (Wildman–Crippen LogP) is 7.33. The second kappa shape index (κ2) is 22.5. The van der Waals surface area contributed by atoms with E-state index in [0.717, 1.165) is 17.7 Å². The van der Waals surface area contributed by atoms with Gasteiger partial charge in [0.2, 0.25) is 11.1 Å². The molecule has 3 amide bonds.